The standard InChI is InChI=1S/C6H6FNO2S.C5H9NO/c7-8-11(9,10)6-4-2-1-3-5-6;1-6-4-2-3-5(6)7/h1-5,8H;2-4H2,1H3. The van der Waals surface area contributed by atoms with E-state index in [-0.39, 0.29) is 4.90 Å². The van der Waals surface area contributed by atoms with E-state index in [0.29, 0.717) is 5.91 Å². The van der Waals surface area contributed by atoms with Crippen molar-refractivity contribution >= 4 is 15.9 Å². The molecule has 0 spiro atoms. The number of nitrogens with zero attached hydrogens (tertiary/aromatic N) is 1. The van der Waals surface area contributed by atoms with Gasteiger partial charge in [-0.15, -0.1) is 4.48 Å². The van der Waals surface area contributed by atoms with Gasteiger partial charge in [0.25, 0.3) is 10.0 Å². The van der Waals surface area contributed by atoms with E-state index in [1.54, 1.807) is 11.0 Å². The Labute approximate surface area is 106 Å². The predicted molar refractivity (Wildman–Crippen MR) is 64.7 cm³/mol. The summed E-state index contributed by atoms with van der Waals surface area (Å²) in [5, 5.41) is 0. The number of benzene rings is 1. The third-order valence-electron chi connectivity index (χ3n) is 2.46. The lowest BCUT2D eigenvalue weighted by Gasteiger charge is -2.03. The summed E-state index contributed by atoms with van der Waals surface area (Å²) in [5.41, 5.74) is 0. The summed E-state index contributed by atoms with van der Waals surface area (Å²) in [6, 6.07) is 7.30. The zero-order chi connectivity index (χ0) is 13.6. The maximum atomic E-state index is 11.6. The molecular weight excluding hydrogens is 259 g/mol. The van der Waals surface area contributed by atoms with Gasteiger partial charge in [-0.1, -0.05) is 18.2 Å². The van der Waals surface area contributed by atoms with Crippen LogP contribution in [0.5, 0.6) is 0 Å². The zero-order valence-electron chi connectivity index (χ0n) is 9.97. The molecule has 0 aliphatic carbocycles. The first-order valence-corrected chi connectivity index (χ1v) is 6.87. The fourth-order valence-corrected chi connectivity index (χ4v) is 2.03. The third-order valence-corrected chi connectivity index (χ3v) is 3.56. The molecule has 2 rings (SSSR count). The Balaban J connectivity index is 0.000000199. The van der Waals surface area contributed by atoms with Crippen molar-refractivity contribution in [3.05, 3.63) is 30.3 Å². The molecule has 0 unspecified atom stereocenters. The molecule has 0 saturated carbocycles. The van der Waals surface area contributed by atoms with Crippen LogP contribution in [0.3, 0.4) is 0 Å². The summed E-state index contributed by atoms with van der Waals surface area (Å²) >= 11 is 0. The molecule has 5 nitrogen and oxygen atoms in total. The van der Waals surface area contributed by atoms with Gasteiger partial charge in [-0.25, -0.2) is 8.42 Å². The van der Waals surface area contributed by atoms with Crippen molar-refractivity contribution in [1.29, 1.82) is 0 Å². The van der Waals surface area contributed by atoms with Crippen LogP contribution in [0, 0.1) is 0 Å². The lowest BCUT2D eigenvalue weighted by molar-refractivity contribution is -0.126. The van der Waals surface area contributed by atoms with Gasteiger partial charge in [-0.3, -0.25) is 4.79 Å². The Morgan fingerprint density at radius 2 is 1.89 bits per heavy atom. The summed E-state index contributed by atoms with van der Waals surface area (Å²) in [7, 11) is -2.07. The largest absolute Gasteiger partial charge is 0.346 e. The van der Waals surface area contributed by atoms with Gasteiger partial charge < -0.3 is 4.90 Å². The highest BCUT2D eigenvalue weighted by atomic mass is 32.2. The van der Waals surface area contributed by atoms with Crippen LogP contribution in [-0.4, -0.2) is 32.8 Å². The second-order valence-electron chi connectivity index (χ2n) is 3.81. The summed E-state index contributed by atoms with van der Waals surface area (Å²) in [6.45, 7) is 0.957. The minimum atomic E-state index is -3.91. The fourth-order valence-electron chi connectivity index (χ4n) is 1.43. The van der Waals surface area contributed by atoms with Crippen LogP contribution in [0.15, 0.2) is 35.2 Å². The number of likely N-dealkylation sites (tertiary alicyclic amines) is 1. The number of hydrogen-bond donors (Lipinski definition) is 1. The monoisotopic (exact) mass is 274 g/mol. The number of halogens is 1. The number of carbonyl (C=O) groups is 1. The maximum absolute atomic E-state index is 11.6. The van der Waals surface area contributed by atoms with Crippen molar-refractivity contribution in [2.75, 3.05) is 13.6 Å². The van der Waals surface area contributed by atoms with Crippen molar-refractivity contribution in [2.24, 2.45) is 0 Å². The van der Waals surface area contributed by atoms with E-state index >= 15 is 0 Å². The summed E-state index contributed by atoms with van der Waals surface area (Å²) in [4.78, 5) is 12.9. The molecule has 1 heterocycles. The molecule has 1 amide bonds. The van der Waals surface area contributed by atoms with Gasteiger partial charge in [0.05, 0.1) is 4.90 Å². The quantitative estimate of drug-likeness (QED) is 0.821. The van der Waals surface area contributed by atoms with Gasteiger partial charge in [0.2, 0.25) is 5.91 Å². The molecule has 1 aromatic carbocycles. The summed E-state index contributed by atoms with van der Waals surface area (Å²) in [6.07, 6.45) is 1.81. The van der Waals surface area contributed by atoms with Crippen molar-refractivity contribution < 1.29 is 17.7 Å². The van der Waals surface area contributed by atoms with E-state index < -0.39 is 10.0 Å². The van der Waals surface area contributed by atoms with Crippen LogP contribution >= 0.6 is 0 Å². The maximum Gasteiger partial charge on any atom is 0.266 e. The normalized spacial score (nSPS) is 15.2. The highest BCUT2D eigenvalue weighted by Gasteiger charge is 2.14. The molecule has 0 aromatic heterocycles. The molecule has 1 aliphatic heterocycles. The Morgan fingerprint density at radius 3 is 2.22 bits per heavy atom. The van der Waals surface area contributed by atoms with Crippen LogP contribution in [0.2, 0.25) is 0 Å². The summed E-state index contributed by atoms with van der Waals surface area (Å²) in [5.74, 6) is 0.292. The van der Waals surface area contributed by atoms with Crippen LogP contribution in [0.4, 0.5) is 4.48 Å². The first kappa shape index (κ1) is 14.6. The highest BCUT2D eigenvalue weighted by molar-refractivity contribution is 7.89. The molecule has 1 N–H and O–H groups in total. The van der Waals surface area contributed by atoms with Crippen molar-refractivity contribution in [2.45, 2.75) is 17.7 Å². The Bertz CT molecular complexity index is 490. The molecular formula is C11H15FN2O3S. The van der Waals surface area contributed by atoms with Gasteiger partial charge >= 0.3 is 0 Å². The van der Waals surface area contributed by atoms with Crippen LogP contribution in [0.25, 0.3) is 0 Å². The lowest BCUT2D eigenvalue weighted by atomic mass is 10.4. The highest BCUT2D eigenvalue weighted by Crippen LogP contribution is 2.06. The number of amides is 1. The van der Waals surface area contributed by atoms with Crippen molar-refractivity contribution in [1.82, 2.24) is 9.84 Å². The van der Waals surface area contributed by atoms with Gasteiger partial charge in [-0.05, 0) is 23.5 Å². The molecule has 100 valence electrons. The fraction of sp³-hybridized carbons (Fsp3) is 0.364. The smallest absolute Gasteiger partial charge is 0.266 e. The Kier molecular flexibility index (Phi) is 5.24. The second kappa shape index (κ2) is 6.46. The van der Waals surface area contributed by atoms with Gasteiger partial charge in [-0.2, -0.15) is 0 Å². The van der Waals surface area contributed by atoms with E-state index in [1.165, 1.54) is 24.3 Å². The number of sulfonamides is 1. The zero-order valence-corrected chi connectivity index (χ0v) is 10.8. The summed E-state index contributed by atoms with van der Waals surface area (Å²) < 4.78 is 33.0. The number of nitrogens with one attached hydrogen (secondary N) is 1. The predicted octanol–water partition coefficient (Wildman–Crippen LogP) is 1.09. The van der Waals surface area contributed by atoms with E-state index in [4.69, 9.17) is 0 Å². The number of carbonyl (C=O) groups excluding carboxylic acids is 1. The molecule has 1 aromatic rings. The van der Waals surface area contributed by atoms with Gasteiger partial charge in [0.1, 0.15) is 0 Å². The topological polar surface area (TPSA) is 66.5 Å². The molecule has 1 aliphatic rings. The van der Waals surface area contributed by atoms with Crippen molar-refractivity contribution in [3.63, 3.8) is 0 Å². The first-order chi connectivity index (χ1) is 8.47. The molecule has 18 heavy (non-hydrogen) atoms. The number of hydrogen-bond acceptors (Lipinski definition) is 3. The third kappa shape index (κ3) is 4.08. The van der Waals surface area contributed by atoms with E-state index in [0.717, 1.165) is 24.3 Å². The molecule has 1 saturated heterocycles. The lowest BCUT2D eigenvalue weighted by Crippen LogP contribution is -2.17. The molecule has 0 radical (unpaired) electrons. The SMILES string of the molecule is CN1CCCC1=O.O=S(=O)(NF)c1ccccc1. The number of rotatable bonds is 2. The molecule has 1 fully saturated rings. The minimum absolute atomic E-state index is 0.0810. The van der Waals surface area contributed by atoms with Crippen molar-refractivity contribution in [3.8, 4) is 0 Å². The van der Waals surface area contributed by atoms with E-state index in [2.05, 4.69) is 0 Å². The van der Waals surface area contributed by atoms with Gasteiger partial charge in [0.15, 0.2) is 0 Å². The van der Waals surface area contributed by atoms with Crippen LogP contribution < -0.4 is 4.94 Å². The van der Waals surface area contributed by atoms with Crippen LogP contribution in [-0.2, 0) is 14.8 Å². The van der Waals surface area contributed by atoms with E-state index in [9.17, 15) is 17.7 Å². The minimum Gasteiger partial charge on any atom is -0.346 e. The average Bonchev–Trinajstić information content (AvgIpc) is 2.76. The Morgan fingerprint density at radius 1 is 1.28 bits per heavy atom. The van der Waals surface area contributed by atoms with E-state index in [1.807, 2.05) is 7.05 Å². The van der Waals surface area contributed by atoms with Crippen LogP contribution in [0.1, 0.15) is 12.8 Å². The Hall–Kier alpha value is -1.47. The molecule has 0 atom stereocenters. The second-order valence-corrected chi connectivity index (χ2v) is 5.45. The van der Waals surface area contributed by atoms with Gasteiger partial charge in [0, 0.05) is 20.0 Å². The average molecular weight is 274 g/mol. The molecule has 7 heteroatoms. The first-order valence-electron chi connectivity index (χ1n) is 5.39. The molecule has 0 bridgehead atoms.